The van der Waals surface area contributed by atoms with Crippen molar-refractivity contribution in [3.63, 3.8) is 0 Å². The van der Waals surface area contributed by atoms with Crippen LogP contribution in [0.15, 0.2) is 24.3 Å². The molecular formula is C15H20N3O4+. The molecule has 1 saturated heterocycles. The molecule has 2 rings (SSSR count). The van der Waals surface area contributed by atoms with Crippen LogP contribution in [0.25, 0.3) is 0 Å². The SMILES string of the molecule is CCOC(=O)c1ccccc1NC(=O)C[C@@H]1[NH2+]CCNC1=O. The molecule has 1 heterocycles. The number of para-hydroxylation sites is 1. The molecule has 0 spiro atoms. The Morgan fingerprint density at radius 3 is 2.91 bits per heavy atom. The third-order valence-electron chi connectivity index (χ3n) is 3.33. The fraction of sp³-hybridized carbons (Fsp3) is 0.400. The highest BCUT2D eigenvalue weighted by atomic mass is 16.5. The first-order chi connectivity index (χ1) is 10.6. The van der Waals surface area contributed by atoms with Gasteiger partial charge in [0.2, 0.25) is 5.91 Å². The van der Waals surface area contributed by atoms with Gasteiger partial charge in [-0.3, -0.25) is 9.59 Å². The number of anilines is 1. The van der Waals surface area contributed by atoms with E-state index in [9.17, 15) is 14.4 Å². The Kier molecular flexibility index (Phi) is 5.48. The average molecular weight is 306 g/mol. The molecule has 1 aliphatic rings. The van der Waals surface area contributed by atoms with Crippen LogP contribution >= 0.6 is 0 Å². The molecule has 1 fully saturated rings. The Balaban J connectivity index is 2.02. The highest BCUT2D eigenvalue weighted by Crippen LogP contribution is 2.16. The number of carbonyl (C=O) groups is 3. The summed E-state index contributed by atoms with van der Waals surface area (Å²) in [4.78, 5) is 35.6. The monoisotopic (exact) mass is 306 g/mol. The van der Waals surface area contributed by atoms with Crippen LogP contribution in [0.2, 0.25) is 0 Å². The lowest BCUT2D eigenvalue weighted by Crippen LogP contribution is -2.96. The van der Waals surface area contributed by atoms with Gasteiger partial charge >= 0.3 is 5.97 Å². The molecule has 1 aromatic rings. The Hall–Kier alpha value is -2.41. The second kappa shape index (κ2) is 7.56. The lowest BCUT2D eigenvalue weighted by atomic mass is 10.1. The van der Waals surface area contributed by atoms with Crippen molar-refractivity contribution < 1.29 is 24.4 Å². The summed E-state index contributed by atoms with van der Waals surface area (Å²) in [7, 11) is 0. The number of hydrogen-bond donors (Lipinski definition) is 3. The van der Waals surface area contributed by atoms with Gasteiger partial charge in [-0.05, 0) is 19.1 Å². The largest absolute Gasteiger partial charge is 0.462 e. The van der Waals surface area contributed by atoms with E-state index >= 15 is 0 Å². The molecule has 4 N–H and O–H groups in total. The molecule has 2 amide bonds. The van der Waals surface area contributed by atoms with Gasteiger partial charge in [0.1, 0.15) is 0 Å². The number of hydrogen-bond acceptors (Lipinski definition) is 4. The van der Waals surface area contributed by atoms with Gasteiger partial charge in [0.25, 0.3) is 5.91 Å². The fourth-order valence-electron chi connectivity index (χ4n) is 2.27. The number of rotatable bonds is 5. The van der Waals surface area contributed by atoms with Crippen LogP contribution < -0.4 is 16.0 Å². The standard InChI is InChI=1S/C15H19N3O4/c1-2-22-15(21)10-5-3-4-6-11(10)18-13(19)9-12-14(20)17-8-7-16-12/h3-6,12,16H,2,7-9H2,1H3,(H,17,20)(H,18,19)/p+1/t12-/m0/s1. The van der Waals surface area contributed by atoms with Crippen molar-refractivity contribution in [2.24, 2.45) is 0 Å². The molecule has 7 heteroatoms. The van der Waals surface area contributed by atoms with E-state index in [1.54, 1.807) is 31.2 Å². The molecule has 7 nitrogen and oxygen atoms in total. The van der Waals surface area contributed by atoms with Gasteiger partial charge in [0.15, 0.2) is 6.04 Å². The van der Waals surface area contributed by atoms with E-state index < -0.39 is 12.0 Å². The van der Waals surface area contributed by atoms with Crippen LogP contribution in [0.4, 0.5) is 5.69 Å². The van der Waals surface area contributed by atoms with Crippen molar-refractivity contribution in [3.05, 3.63) is 29.8 Å². The number of nitrogens with one attached hydrogen (secondary N) is 2. The first-order valence-electron chi connectivity index (χ1n) is 7.29. The zero-order chi connectivity index (χ0) is 15.9. The van der Waals surface area contributed by atoms with E-state index in [0.29, 0.717) is 17.8 Å². The van der Waals surface area contributed by atoms with Crippen LogP contribution in [-0.4, -0.2) is 43.5 Å². The summed E-state index contributed by atoms with van der Waals surface area (Å²) >= 11 is 0. The van der Waals surface area contributed by atoms with E-state index in [1.807, 2.05) is 5.32 Å². The molecule has 0 radical (unpaired) electrons. The molecule has 1 aliphatic heterocycles. The number of carbonyl (C=O) groups excluding carboxylic acids is 3. The first-order valence-corrected chi connectivity index (χ1v) is 7.29. The summed E-state index contributed by atoms with van der Waals surface area (Å²) in [5, 5.41) is 7.24. The number of nitrogens with two attached hydrogens (primary N) is 1. The molecule has 118 valence electrons. The van der Waals surface area contributed by atoms with Crippen molar-refractivity contribution in [2.45, 2.75) is 19.4 Å². The molecule has 0 aliphatic carbocycles. The van der Waals surface area contributed by atoms with Gasteiger partial charge < -0.3 is 20.7 Å². The molecule has 0 saturated carbocycles. The van der Waals surface area contributed by atoms with Crippen molar-refractivity contribution in [1.82, 2.24) is 5.32 Å². The Morgan fingerprint density at radius 2 is 2.18 bits per heavy atom. The number of piperazine rings is 1. The van der Waals surface area contributed by atoms with Crippen LogP contribution in [-0.2, 0) is 14.3 Å². The number of benzene rings is 1. The summed E-state index contributed by atoms with van der Waals surface area (Å²) in [6.45, 7) is 3.35. The molecule has 22 heavy (non-hydrogen) atoms. The third-order valence-corrected chi connectivity index (χ3v) is 3.33. The summed E-state index contributed by atoms with van der Waals surface area (Å²) in [5.74, 6) is -0.935. The third kappa shape index (κ3) is 4.05. The first kappa shape index (κ1) is 16.0. The minimum absolute atomic E-state index is 0.0585. The molecule has 1 atom stereocenters. The van der Waals surface area contributed by atoms with Crippen LogP contribution in [0.5, 0.6) is 0 Å². The van der Waals surface area contributed by atoms with Crippen LogP contribution in [0.3, 0.4) is 0 Å². The molecule has 0 unspecified atom stereocenters. The smallest absolute Gasteiger partial charge is 0.340 e. The van der Waals surface area contributed by atoms with E-state index in [4.69, 9.17) is 4.74 Å². The number of amides is 2. The maximum absolute atomic E-state index is 12.1. The molecular weight excluding hydrogens is 286 g/mol. The van der Waals surface area contributed by atoms with Crippen molar-refractivity contribution >= 4 is 23.5 Å². The summed E-state index contributed by atoms with van der Waals surface area (Å²) in [6.07, 6.45) is 0.0585. The Morgan fingerprint density at radius 1 is 1.41 bits per heavy atom. The molecule has 0 bridgehead atoms. The zero-order valence-electron chi connectivity index (χ0n) is 12.4. The number of esters is 1. The Labute approximate surface area is 128 Å². The maximum Gasteiger partial charge on any atom is 0.340 e. The lowest BCUT2D eigenvalue weighted by Gasteiger charge is -2.20. The Bertz CT molecular complexity index is 574. The number of quaternary nitrogens is 1. The zero-order valence-corrected chi connectivity index (χ0v) is 12.4. The van der Waals surface area contributed by atoms with E-state index in [-0.39, 0.29) is 24.8 Å². The normalized spacial score (nSPS) is 17.5. The van der Waals surface area contributed by atoms with Gasteiger partial charge in [0.05, 0.1) is 37.4 Å². The maximum atomic E-state index is 12.1. The molecule has 0 aromatic heterocycles. The second-order valence-electron chi connectivity index (χ2n) is 4.94. The predicted octanol–water partition coefficient (Wildman–Crippen LogP) is -0.746. The lowest BCUT2D eigenvalue weighted by molar-refractivity contribution is -0.678. The average Bonchev–Trinajstić information content (AvgIpc) is 2.50. The summed E-state index contributed by atoms with van der Waals surface area (Å²) < 4.78 is 4.96. The molecule has 1 aromatic carbocycles. The topological polar surface area (TPSA) is 101 Å². The van der Waals surface area contributed by atoms with Crippen molar-refractivity contribution in [2.75, 3.05) is 25.0 Å². The highest BCUT2D eigenvalue weighted by Gasteiger charge is 2.28. The predicted molar refractivity (Wildman–Crippen MR) is 79.2 cm³/mol. The summed E-state index contributed by atoms with van der Waals surface area (Å²) in [5.41, 5.74) is 0.692. The van der Waals surface area contributed by atoms with Gasteiger partial charge in [-0.1, -0.05) is 12.1 Å². The second-order valence-corrected chi connectivity index (χ2v) is 4.94. The van der Waals surface area contributed by atoms with Crippen LogP contribution in [0, 0.1) is 0 Å². The van der Waals surface area contributed by atoms with Crippen molar-refractivity contribution in [3.8, 4) is 0 Å². The van der Waals surface area contributed by atoms with Gasteiger partial charge in [-0.2, -0.15) is 0 Å². The van der Waals surface area contributed by atoms with Gasteiger partial charge in [-0.25, -0.2) is 4.79 Å². The van der Waals surface area contributed by atoms with E-state index in [1.165, 1.54) is 0 Å². The van der Waals surface area contributed by atoms with Gasteiger partial charge in [-0.15, -0.1) is 0 Å². The van der Waals surface area contributed by atoms with E-state index in [2.05, 4.69) is 10.6 Å². The summed E-state index contributed by atoms with van der Waals surface area (Å²) in [6, 6.07) is 6.22. The van der Waals surface area contributed by atoms with Crippen molar-refractivity contribution in [1.29, 1.82) is 0 Å². The minimum Gasteiger partial charge on any atom is -0.462 e. The van der Waals surface area contributed by atoms with Crippen LogP contribution in [0.1, 0.15) is 23.7 Å². The van der Waals surface area contributed by atoms with E-state index in [0.717, 1.165) is 6.54 Å². The highest BCUT2D eigenvalue weighted by molar-refractivity contribution is 6.02. The minimum atomic E-state index is -0.486. The quantitative estimate of drug-likeness (QED) is 0.623. The fourth-order valence-corrected chi connectivity index (χ4v) is 2.27. The number of ether oxygens (including phenoxy) is 1. The van der Waals surface area contributed by atoms with Gasteiger partial charge in [0, 0.05) is 0 Å².